The van der Waals surface area contributed by atoms with Crippen molar-refractivity contribution in [2.45, 2.75) is 6.92 Å². The predicted octanol–water partition coefficient (Wildman–Crippen LogP) is 2.69. The van der Waals surface area contributed by atoms with E-state index in [9.17, 15) is 17.6 Å². The molecule has 2 aromatic heterocycles. The topological polar surface area (TPSA) is 85.5 Å². The smallest absolute Gasteiger partial charge is 0.282 e. The zero-order valence-corrected chi connectivity index (χ0v) is 15.0. The number of benzene rings is 1. The van der Waals surface area contributed by atoms with E-state index >= 15 is 0 Å². The van der Waals surface area contributed by atoms with Crippen molar-refractivity contribution in [2.75, 3.05) is 10.5 Å². The van der Waals surface area contributed by atoms with Crippen LogP contribution in [0.1, 0.15) is 6.92 Å². The molecule has 0 aliphatic rings. The van der Waals surface area contributed by atoms with Crippen LogP contribution in [-0.2, 0) is 10.0 Å². The molecular weight excluding hydrogens is 394 g/mol. The Kier molecular flexibility index (Phi) is 4.48. The molecule has 1 N–H and O–H groups in total. The third kappa shape index (κ3) is 3.35. The van der Waals surface area contributed by atoms with Crippen molar-refractivity contribution >= 4 is 44.6 Å². The van der Waals surface area contributed by atoms with Crippen molar-refractivity contribution in [3.8, 4) is 5.69 Å². The van der Waals surface area contributed by atoms with Gasteiger partial charge in [-0.3, -0.25) is 4.72 Å². The Hall–Kier alpha value is -2.10. The van der Waals surface area contributed by atoms with Crippen LogP contribution in [0.5, 0.6) is 0 Å². The molecule has 132 valence electrons. The summed E-state index contributed by atoms with van der Waals surface area (Å²) in [6.07, 6.45) is 1.34. The molecule has 3 rings (SSSR count). The van der Waals surface area contributed by atoms with Crippen LogP contribution in [0.2, 0.25) is 10.0 Å². The number of anilines is 1. The van der Waals surface area contributed by atoms with Crippen LogP contribution < -0.4 is 10.4 Å². The van der Waals surface area contributed by atoms with Crippen molar-refractivity contribution in [1.29, 1.82) is 0 Å². The van der Waals surface area contributed by atoms with E-state index in [1.165, 1.54) is 25.3 Å². The number of aromatic nitrogens is 3. The number of hydrogen-bond donors (Lipinski definition) is 1. The number of fused-ring (bicyclic) bond motifs is 1. The number of halogens is 3. The normalized spacial score (nSPS) is 11.8. The number of rotatable bonds is 4. The van der Waals surface area contributed by atoms with Gasteiger partial charge in [0.05, 0.1) is 21.5 Å². The zero-order chi connectivity index (χ0) is 18.4. The summed E-state index contributed by atoms with van der Waals surface area (Å²) >= 11 is 11.7. The molecule has 0 saturated heterocycles. The van der Waals surface area contributed by atoms with Crippen LogP contribution in [0.3, 0.4) is 0 Å². The standard InChI is InChI=1S/C14H11Cl2FN4O3S/c1-2-25(23,24)19-11-6-12(10(17)5-9(11)16)21-14(22)20-7-8(15)3-4-13(20)18-21/h3-7,19H,2H2,1H3. The Morgan fingerprint density at radius 1 is 1.28 bits per heavy atom. The van der Waals surface area contributed by atoms with E-state index in [0.717, 1.165) is 21.2 Å². The van der Waals surface area contributed by atoms with Gasteiger partial charge < -0.3 is 0 Å². The minimum absolute atomic E-state index is 0.0538. The summed E-state index contributed by atoms with van der Waals surface area (Å²) in [6, 6.07) is 5.05. The number of sulfonamides is 1. The summed E-state index contributed by atoms with van der Waals surface area (Å²) in [4.78, 5) is 12.4. The first-order valence-electron chi connectivity index (χ1n) is 6.98. The summed E-state index contributed by atoms with van der Waals surface area (Å²) in [5.74, 6) is -1.02. The average molecular weight is 405 g/mol. The van der Waals surface area contributed by atoms with Gasteiger partial charge in [-0.15, -0.1) is 5.10 Å². The lowest BCUT2D eigenvalue weighted by molar-refractivity contribution is 0.601. The minimum atomic E-state index is -3.63. The lowest BCUT2D eigenvalue weighted by atomic mass is 10.2. The van der Waals surface area contributed by atoms with Gasteiger partial charge in [0.2, 0.25) is 10.0 Å². The van der Waals surface area contributed by atoms with Gasteiger partial charge in [0.25, 0.3) is 0 Å². The molecule has 0 saturated carbocycles. The third-order valence-corrected chi connectivity index (χ3v) is 5.22. The molecule has 2 heterocycles. The molecule has 0 fully saturated rings. The van der Waals surface area contributed by atoms with E-state index in [4.69, 9.17) is 23.2 Å². The molecule has 25 heavy (non-hydrogen) atoms. The summed E-state index contributed by atoms with van der Waals surface area (Å²) in [6.45, 7) is 1.44. The first-order valence-corrected chi connectivity index (χ1v) is 9.39. The van der Waals surface area contributed by atoms with E-state index in [2.05, 4.69) is 9.82 Å². The highest BCUT2D eigenvalue weighted by Gasteiger charge is 2.18. The summed E-state index contributed by atoms with van der Waals surface area (Å²) in [5.41, 5.74) is -0.715. The Balaban J connectivity index is 2.21. The maximum absolute atomic E-state index is 14.3. The fraction of sp³-hybridized carbons (Fsp3) is 0.143. The Bertz CT molecular complexity index is 1140. The number of pyridine rings is 1. The lowest BCUT2D eigenvalue weighted by Crippen LogP contribution is -2.21. The van der Waals surface area contributed by atoms with Gasteiger partial charge in [0.1, 0.15) is 5.69 Å². The van der Waals surface area contributed by atoms with Crippen molar-refractivity contribution in [1.82, 2.24) is 14.2 Å². The maximum atomic E-state index is 14.3. The van der Waals surface area contributed by atoms with Gasteiger partial charge in [-0.25, -0.2) is 22.0 Å². The molecule has 3 aromatic rings. The van der Waals surface area contributed by atoms with Crippen LogP contribution in [0.4, 0.5) is 10.1 Å². The summed E-state index contributed by atoms with van der Waals surface area (Å²) in [7, 11) is -3.63. The molecule has 0 spiro atoms. The Morgan fingerprint density at radius 2 is 2.00 bits per heavy atom. The van der Waals surface area contributed by atoms with Crippen LogP contribution in [0.15, 0.2) is 35.3 Å². The van der Waals surface area contributed by atoms with Gasteiger partial charge in [-0.1, -0.05) is 23.2 Å². The molecule has 11 heteroatoms. The van der Waals surface area contributed by atoms with E-state index in [0.29, 0.717) is 5.02 Å². The maximum Gasteiger partial charge on any atom is 0.355 e. The SMILES string of the molecule is CCS(=O)(=O)Nc1cc(-n2nc3ccc(Cl)cn3c2=O)c(F)cc1Cl. The second-order valence-electron chi connectivity index (χ2n) is 5.06. The van der Waals surface area contributed by atoms with Gasteiger partial charge in [-0.2, -0.15) is 4.68 Å². The molecule has 0 aliphatic heterocycles. The fourth-order valence-electron chi connectivity index (χ4n) is 2.12. The number of nitrogens with zero attached hydrogens (tertiary/aromatic N) is 3. The minimum Gasteiger partial charge on any atom is -0.282 e. The second-order valence-corrected chi connectivity index (χ2v) is 7.91. The molecule has 0 radical (unpaired) electrons. The monoisotopic (exact) mass is 404 g/mol. The highest BCUT2D eigenvalue weighted by Crippen LogP contribution is 2.28. The van der Waals surface area contributed by atoms with Crippen LogP contribution >= 0.6 is 23.2 Å². The number of hydrogen-bond acceptors (Lipinski definition) is 4. The molecule has 7 nitrogen and oxygen atoms in total. The zero-order valence-electron chi connectivity index (χ0n) is 12.7. The third-order valence-electron chi connectivity index (χ3n) is 3.39. The molecule has 0 atom stereocenters. The first kappa shape index (κ1) is 17.7. The van der Waals surface area contributed by atoms with E-state index < -0.39 is 21.5 Å². The summed E-state index contributed by atoms with van der Waals surface area (Å²) in [5, 5.41) is 4.19. The van der Waals surface area contributed by atoms with Crippen molar-refractivity contribution in [2.24, 2.45) is 0 Å². The fourth-order valence-corrected chi connectivity index (χ4v) is 3.19. The highest BCUT2D eigenvalue weighted by atomic mass is 35.5. The van der Waals surface area contributed by atoms with Gasteiger partial charge in [0.15, 0.2) is 11.5 Å². The number of nitrogens with one attached hydrogen (secondary N) is 1. The van der Waals surface area contributed by atoms with Gasteiger partial charge in [-0.05, 0) is 31.2 Å². The van der Waals surface area contributed by atoms with Crippen molar-refractivity contribution in [3.63, 3.8) is 0 Å². The van der Waals surface area contributed by atoms with Crippen LogP contribution in [0, 0.1) is 5.82 Å². The average Bonchev–Trinajstić information content (AvgIpc) is 2.86. The second kappa shape index (κ2) is 6.32. The molecule has 0 unspecified atom stereocenters. The molecule has 0 amide bonds. The Labute approximate surface area is 151 Å². The lowest BCUT2D eigenvalue weighted by Gasteiger charge is -2.10. The predicted molar refractivity (Wildman–Crippen MR) is 93.9 cm³/mol. The molecule has 1 aromatic carbocycles. The van der Waals surface area contributed by atoms with Gasteiger partial charge >= 0.3 is 5.69 Å². The van der Waals surface area contributed by atoms with Crippen molar-refractivity contribution in [3.05, 3.63) is 56.8 Å². The van der Waals surface area contributed by atoms with E-state index in [1.807, 2.05) is 0 Å². The summed E-state index contributed by atoms with van der Waals surface area (Å²) < 4.78 is 42.0. The molecule has 0 aliphatic carbocycles. The van der Waals surface area contributed by atoms with E-state index in [1.54, 1.807) is 0 Å². The van der Waals surface area contributed by atoms with Crippen molar-refractivity contribution < 1.29 is 12.8 Å². The molecular formula is C14H11Cl2FN4O3S. The van der Waals surface area contributed by atoms with Gasteiger partial charge in [0, 0.05) is 6.20 Å². The first-order chi connectivity index (χ1) is 11.7. The Morgan fingerprint density at radius 3 is 2.68 bits per heavy atom. The van der Waals surface area contributed by atoms with Crippen LogP contribution in [-0.4, -0.2) is 28.4 Å². The molecule has 0 bridgehead atoms. The highest BCUT2D eigenvalue weighted by molar-refractivity contribution is 7.92. The quantitative estimate of drug-likeness (QED) is 0.724. The van der Waals surface area contributed by atoms with E-state index in [-0.39, 0.29) is 27.8 Å². The van der Waals surface area contributed by atoms with Crippen LogP contribution in [0.25, 0.3) is 11.3 Å². The largest absolute Gasteiger partial charge is 0.355 e.